The fourth-order valence-corrected chi connectivity index (χ4v) is 4.95. The standard InChI is InChI=1S/C20H38N2O3.C17H31N3O2/c1-3-21-20(24)22-18-16-14-12-10-8-6-4-5-7-9-11-13-15-17-19(23)25-2;1-22-17(21)15-13-11-9-7-5-3-2-4-6-8-10-12-14-16-19-20-18/h14,16H,3-13,15,17-18H2,1-2H3,(H2,21,22,24);12,14H,2-11,13,15-16H2,1H3/b16-14-;14-12-. The van der Waals surface area contributed by atoms with Crippen LogP contribution in [0.4, 0.5) is 4.79 Å². The van der Waals surface area contributed by atoms with Crippen LogP contribution in [0.25, 0.3) is 10.4 Å². The lowest BCUT2D eigenvalue weighted by Gasteiger charge is -2.03. The van der Waals surface area contributed by atoms with Crippen LogP contribution in [0.5, 0.6) is 0 Å². The second-order valence-electron chi connectivity index (χ2n) is 11.9. The molecule has 0 bridgehead atoms. The van der Waals surface area contributed by atoms with Crippen molar-refractivity contribution in [3.8, 4) is 0 Å². The number of azide groups is 1. The first kappa shape index (κ1) is 46.1. The van der Waals surface area contributed by atoms with Crippen LogP contribution in [0.3, 0.4) is 0 Å². The molecule has 0 atom stereocenters. The number of amides is 2. The van der Waals surface area contributed by atoms with Gasteiger partial charge in [0.15, 0.2) is 0 Å². The Morgan fingerprint density at radius 2 is 0.957 bits per heavy atom. The van der Waals surface area contributed by atoms with E-state index in [4.69, 9.17) is 5.53 Å². The van der Waals surface area contributed by atoms with E-state index in [-0.39, 0.29) is 18.0 Å². The monoisotopic (exact) mass is 664 g/mol. The number of ether oxygens (including phenoxy) is 2. The molecule has 2 N–H and O–H groups in total. The van der Waals surface area contributed by atoms with Crippen LogP contribution in [0.15, 0.2) is 29.4 Å². The van der Waals surface area contributed by atoms with Gasteiger partial charge in [0.1, 0.15) is 0 Å². The molecule has 0 aliphatic heterocycles. The molecule has 10 heteroatoms. The summed E-state index contributed by atoms with van der Waals surface area (Å²) < 4.78 is 9.24. The lowest BCUT2D eigenvalue weighted by molar-refractivity contribution is -0.141. The van der Waals surface area contributed by atoms with Gasteiger partial charge in [0.05, 0.1) is 14.2 Å². The third kappa shape index (κ3) is 43.0. The maximum Gasteiger partial charge on any atom is 0.315 e. The van der Waals surface area contributed by atoms with E-state index in [1.54, 1.807) is 0 Å². The molecule has 272 valence electrons. The third-order valence-corrected chi connectivity index (χ3v) is 7.76. The molecule has 0 spiro atoms. The molecule has 0 aliphatic rings. The minimum Gasteiger partial charge on any atom is -0.469 e. The van der Waals surface area contributed by atoms with Crippen LogP contribution in [-0.4, -0.2) is 51.8 Å². The second kappa shape index (κ2) is 41.0. The summed E-state index contributed by atoms with van der Waals surface area (Å²) in [5, 5.41) is 8.93. The molecule has 0 aromatic heterocycles. The zero-order valence-electron chi connectivity index (χ0n) is 30.3. The molecule has 10 nitrogen and oxygen atoms in total. The van der Waals surface area contributed by atoms with E-state index in [0.29, 0.717) is 32.5 Å². The van der Waals surface area contributed by atoms with Crippen LogP contribution in [0.1, 0.15) is 161 Å². The summed E-state index contributed by atoms with van der Waals surface area (Å²) in [7, 11) is 2.90. The average molecular weight is 664 g/mol. The zero-order chi connectivity index (χ0) is 34.9. The summed E-state index contributed by atoms with van der Waals surface area (Å²) in [5.41, 5.74) is 8.11. The number of urea groups is 1. The van der Waals surface area contributed by atoms with E-state index in [1.165, 1.54) is 117 Å². The number of rotatable bonds is 31. The Labute approximate surface area is 286 Å². The summed E-state index contributed by atoms with van der Waals surface area (Å²) in [6.45, 7) is 3.63. The predicted molar refractivity (Wildman–Crippen MR) is 194 cm³/mol. The van der Waals surface area contributed by atoms with E-state index >= 15 is 0 Å². The van der Waals surface area contributed by atoms with E-state index in [0.717, 1.165) is 38.5 Å². The van der Waals surface area contributed by atoms with Crippen molar-refractivity contribution < 1.29 is 23.9 Å². The number of nitrogens with zero attached hydrogens (tertiary/aromatic N) is 3. The molecule has 0 radical (unpaired) electrons. The molecular formula is C37H69N5O5. The molecule has 0 heterocycles. The van der Waals surface area contributed by atoms with E-state index < -0.39 is 0 Å². The molecule has 0 fully saturated rings. The molecular weight excluding hydrogens is 594 g/mol. The summed E-state index contributed by atoms with van der Waals surface area (Å²) >= 11 is 0. The van der Waals surface area contributed by atoms with Gasteiger partial charge >= 0.3 is 18.0 Å². The average Bonchev–Trinajstić information content (AvgIpc) is 3.08. The van der Waals surface area contributed by atoms with Gasteiger partial charge in [0.2, 0.25) is 0 Å². The number of hydrogen-bond donors (Lipinski definition) is 2. The van der Waals surface area contributed by atoms with Crippen molar-refractivity contribution in [2.75, 3.05) is 33.9 Å². The molecule has 0 rings (SSSR count). The Morgan fingerprint density at radius 1 is 0.574 bits per heavy atom. The third-order valence-electron chi connectivity index (χ3n) is 7.76. The van der Waals surface area contributed by atoms with Gasteiger partial charge in [-0.25, -0.2) is 4.79 Å². The van der Waals surface area contributed by atoms with Crippen molar-refractivity contribution in [2.45, 2.75) is 161 Å². The smallest absolute Gasteiger partial charge is 0.315 e. The number of carbonyl (C=O) groups excluding carboxylic acids is 3. The molecule has 2 amide bonds. The summed E-state index contributed by atoms with van der Waals surface area (Å²) in [5.74, 6) is -0.180. The molecule has 0 unspecified atom stereocenters. The van der Waals surface area contributed by atoms with Gasteiger partial charge in [-0.15, -0.1) is 0 Å². The van der Waals surface area contributed by atoms with E-state index in [1.807, 2.05) is 19.1 Å². The van der Waals surface area contributed by atoms with Crippen LogP contribution in [0, 0.1) is 0 Å². The second-order valence-corrected chi connectivity index (χ2v) is 11.9. The van der Waals surface area contributed by atoms with Gasteiger partial charge in [-0.05, 0) is 51.0 Å². The SMILES string of the molecule is CCNC(=O)NC/C=C\CCCCCCCCCCCCC(=O)OC.COC(=O)CCCCCCCCCCCC/C=C\CN=[N+]=[N-]. The van der Waals surface area contributed by atoms with Crippen molar-refractivity contribution in [1.82, 2.24) is 10.6 Å². The Kier molecular flexibility index (Phi) is 40.3. The van der Waals surface area contributed by atoms with E-state index in [9.17, 15) is 14.4 Å². The van der Waals surface area contributed by atoms with Crippen molar-refractivity contribution in [2.24, 2.45) is 5.11 Å². The lowest BCUT2D eigenvalue weighted by Crippen LogP contribution is -2.35. The summed E-state index contributed by atoms with van der Waals surface area (Å²) in [6, 6.07) is -0.101. The topological polar surface area (TPSA) is 142 Å². The lowest BCUT2D eigenvalue weighted by atomic mass is 10.1. The number of hydrogen-bond acceptors (Lipinski definition) is 6. The van der Waals surface area contributed by atoms with Gasteiger partial charge in [-0.3, -0.25) is 9.59 Å². The van der Waals surface area contributed by atoms with Gasteiger partial charge < -0.3 is 20.1 Å². The number of carbonyl (C=O) groups is 3. The van der Waals surface area contributed by atoms with Crippen molar-refractivity contribution in [1.29, 1.82) is 0 Å². The van der Waals surface area contributed by atoms with Gasteiger partial charge in [0.25, 0.3) is 0 Å². The van der Waals surface area contributed by atoms with Crippen LogP contribution < -0.4 is 10.6 Å². The fraction of sp³-hybridized carbons (Fsp3) is 0.811. The van der Waals surface area contributed by atoms with Gasteiger partial charge in [0, 0.05) is 37.4 Å². The Morgan fingerprint density at radius 3 is 1.34 bits per heavy atom. The Bertz CT molecular complexity index is 828. The Hall–Kier alpha value is -3.00. The highest BCUT2D eigenvalue weighted by atomic mass is 16.5. The highest BCUT2D eigenvalue weighted by molar-refractivity contribution is 5.73. The van der Waals surface area contributed by atoms with Gasteiger partial charge in [-0.1, -0.05) is 132 Å². The summed E-state index contributed by atoms with van der Waals surface area (Å²) in [4.78, 5) is 35.7. The Balaban J connectivity index is 0. The van der Waals surface area contributed by atoms with E-state index in [2.05, 4.69) is 42.3 Å². The van der Waals surface area contributed by atoms with Crippen molar-refractivity contribution in [3.05, 3.63) is 34.7 Å². The highest BCUT2D eigenvalue weighted by Crippen LogP contribution is 2.13. The quantitative estimate of drug-likeness (QED) is 0.0189. The number of nitrogens with one attached hydrogen (secondary N) is 2. The molecule has 0 aromatic carbocycles. The first-order valence-electron chi connectivity index (χ1n) is 18.5. The van der Waals surface area contributed by atoms with Crippen molar-refractivity contribution >= 4 is 18.0 Å². The first-order valence-corrected chi connectivity index (χ1v) is 18.5. The maximum absolute atomic E-state index is 11.1. The molecule has 0 aromatic rings. The van der Waals surface area contributed by atoms with Crippen LogP contribution in [0.2, 0.25) is 0 Å². The van der Waals surface area contributed by atoms with Crippen LogP contribution >= 0.6 is 0 Å². The molecule has 47 heavy (non-hydrogen) atoms. The maximum atomic E-state index is 11.1. The largest absolute Gasteiger partial charge is 0.469 e. The fourth-order valence-electron chi connectivity index (χ4n) is 4.95. The molecule has 0 saturated heterocycles. The number of methoxy groups -OCH3 is 2. The normalized spacial score (nSPS) is 10.7. The molecule has 0 saturated carbocycles. The first-order chi connectivity index (χ1) is 23.0. The number of unbranched alkanes of at least 4 members (excludes halogenated alkanes) is 20. The minimum absolute atomic E-state index is 0.0897. The minimum atomic E-state index is -0.101. The highest BCUT2D eigenvalue weighted by Gasteiger charge is 2.00. The number of esters is 2. The zero-order valence-corrected chi connectivity index (χ0v) is 30.3. The number of allylic oxidation sites excluding steroid dienone is 2. The predicted octanol–water partition coefficient (Wildman–Crippen LogP) is 10.4. The van der Waals surface area contributed by atoms with Crippen molar-refractivity contribution in [3.63, 3.8) is 0 Å². The van der Waals surface area contributed by atoms with Gasteiger partial charge in [-0.2, -0.15) is 0 Å². The molecule has 0 aliphatic carbocycles. The summed E-state index contributed by atoms with van der Waals surface area (Å²) in [6.07, 6.45) is 36.3. The van der Waals surface area contributed by atoms with Crippen LogP contribution in [-0.2, 0) is 19.1 Å².